The maximum atomic E-state index is 13.5. The monoisotopic (exact) mass is 618 g/mol. The van der Waals surface area contributed by atoms with Crippen molar-refractivity contribution in [3.05, 3.63) is 47.6 Å². The maximum Gasteiger partial charge on any atom is 0.310 e. The number of hydrogen-bond acceptors (Lipinski definition) is 5. The van der Waals surface area contributed by atoms with Gasteiger partial charge in [-0.05, 0) is 121 Å². The summed E-state index contributed by atoms with van der Waals surface area (Å²) in [6, 6.07) is 6.69. The van der Waals surface area contributed by atoms with Crippen LogP contribution < -0.4 is 0 Å². The van der Waals surface area contributed by atoms with E-state index >= 15 is 0 Å². The van der Waals surface area contributed by atoms with Gasteiger partial charge in [0.05, 0.1) is 17.6 Å². The summed E-state index contributed by atoms with van der Waals surface area (Å²) >= 11 is 0. The molecule has 1 aromatic carbocycles. The van der Waals surface area contributed by atoms with Gasteiger partial charge in [0.2, 0.25) is 0 Å². The van der Waals surface area contributed by atoms with Crippen LogP contribution in [0.4, 0.5) is 0 Å². The zero-order chi connectivity index (χ0) is 32.7. The fourth-order valence-electron chi connectivity index (χ4n) is 12.2. The molecule has 0 heterocycles. The Labute approximate surface area is 269 Å². The third kappa shape index (κ3) is 4.55. The first-order chi connectivity index (χ1) is 21.0. The van der Waals surface area contributed by atoms with Crippen molar-refractivity contribution in [2.24, 2.45) is 56.7 Å². The van der Waals surface area contributed by atoms with Crippen molar-refractivity contribution in [1.29, 1.82) is 0 Å². The highest BCUT2D eigenvalue weighted by Gasteiger charge is 2.70. The number of carbonyl (C=O) groups excluding carboxylic acids is 1. The molecule has 0 unspecified atom stereocenters. The van der Waals surface area contributed by atoms with Crippen molar-refractivity contribution < 1.29 is 30.0 Å². The molecule has 5 aliphatic rings. The summed E-state index contributed by atoms with van der Waals surface area (Å²) in [6.45, 7) is 13.7. The SMILES string of the molecule is C[C@H]1[C@H](C)CC[C@]2(C(=O)O)CC[C@]3(C)C(=CC[C@@H]4[C@@]5(C)C[C@@H](O)[C@H](O)[C@](C)(CC(=O)/C=C/c6ccc(O)cc6)[C@@H]5CC[C@]43C)[C@H]12. The first-order valence-corrected chi connectivity index (χ1v) is 17.3. The van der Waals surface area contributed by atoms with Crippen LogP contribution in [0.3, 0.4) is 0 Å². The Morgan fingerprint density at radius 1 is 0.933 bits per heavy atom. The van der Waals surface area contributed by atoms with Crippen LogP contribution >= 0.6 is 0 Å². The van der Waals surface area contributed by atoms with Crippen LogP contribution in [0.15, 0.2) is 42.0 Å². The number of hydrogen-bond donors (Lipinski definition) is 4. The number of ketones is 1. The number of allylic oxidation sites excluding steroid dienone is 3. The molecule has 0 amide bonds. The zero-order valence-electron chi connectivity index (χ0n) is 28.1. The number of carboxylic acid groups (broad SMARTS) is 1. The van der Waals surface area contributed by atoms with Crippen LogP contribution in [0, 0.1) is 56.7 Å². The molecular weight excluding hydrogens is 564 g/mol. The van der Waals surface area contributed by atoms with E-state index in [4.69, 9.17) is 0 Å². The number of phenolic OH excluding ortho intramolecular Hbond substituents is 1. The molecule has 6 heteroatoms. The predicted molar refractivity (Wildman–Crippen MR) is 175 cm³/mol. The number of carboxylic acids is 1. The number of aliphatic hydroxyl groups is 2. The molecule has 45 heavy (non-hydrogen) atoms. The molecule has 0 radical (unpaired) electrons. The van der Waals surface area contributed by atoms with E-state index in [-0.39, 0.29) is 52.0 Å². The number of carbonyl (C=O) groups is 2. The van der Waals surface area contributed by atoms with E-state index in [2.05, 4.69) is 40.7 Å². The average molecular weight is 619 g/mol. The molecule has 0 aromatic heterocycles. The van der Waals surface area contributed by atoms with Crippen molar-refractivity contribution in [3.8, 4) is 5.75 Å². The second kappa shape index (κ2) is 10.8. The van der Waals surface area contributed by atoms with Gasteiger partial charge in [0.15, 0.2) is 5.78 Å². The van der Waals surface area contributed by atoms with Crippen LogP contribution in [-0.2, 0) is 9.59 Å². The van der Waals surface area contributed by atoms with Crippen molar-refractivity contribution in [1.82, 2.24) is 0 Å². The standard InChI is InChI=1S/C39H54O6/c1-23-15-18-39(34(44)45)20-19-37(5)28(32(39)24(23)2)13-14-31-35(3)22-29(42)33(43)36(4,30(35)16-17-38(31,37)6)21-27(41)12-9-25-7-10-26(40)11-8-25/h7-13,23-24,29-33,40,42-43H,14-22H2,1-6H3,(H,44,45)/b12-9+/t23-,24+,29-,30-,31-,32+,33+,35+,36-,37-,38-,39+/m1/s1. The molecular formula is C39H54O6. The van der Waals surface area contributed by atoms with Gasteiger partial charge in [-0.2, -0.15) is 0 Å². The summed E-state index contributed by atoms with van der Waals surface area (Å²) in [5, 5.41) is 43.3. The zero-order valence-corrected chi connectivity index (χ0v) is 28.1. The van der Waals surface area contributed by atoms with Crippen molar-refractivity contribution in [2.45, 2.75) is 112 Å². The van der Waals surface area contributed by atoms with Crippen LogP contribution in [0.25, 0.3) is 6.08 Å². The van der Waals surface area contributed by atoms with Gasteiger partial charge in [0.1, 0.15) is 5.75 Å². The molecule has 0 aliphatic heterocycles. The summed E-state index contributed by atoms with van der Waals surface area (Å²) in [5.41, 5.74) is 0.210. The Kier molecular flexibility index (Phi) is 7.80. The molecule has 6 rings (SSSR count). The van der Waals surface area contributed by atoms with Gasteiger partial charge >= 0.3 is 5.97 Å². The lowest BCUT2D eigenvalue weighted by Gasteiger charge is -2.71. The molecule has 246 valence electrons. The largest absolute Gasteiger partial charge is 0.508 e. The second-order valence-electron chi connectivity index (χ2n) is 16.9. The first kappa shape index (κ1) is 32.5. The minimum atomic E-state index is -0.994. The summed E-state index contributed by atoms with van der Waals surface area (Å²) < 4.78 is 0. The van der Waals surface area contributed by atoms with Crippen molar-refractivity contribution in [2.75, 3.05) is 0 Å². The van der Waals surface area contributed by atoms with E-state index in [1.54, 1.807) is 36.4 Å². The first-order valence-electron chi connectivity index (χ1n) is 17.3. The van der Waals surface area contributed by atoms with Crippen LogP contribution in [0.5, 0.6) is 5.75 Å². The Morgan fingerprint density at radius 2 is 1.62 bits per heavy atom. The number of aliphatic carboxylic acids is 1. The van der Waals surface area contributed by atoms with Gasteiger partial charge in [0.25, 0.3) is 0 Å². The Hall–Kier alpha value is -2.44. The summed E-state index contributed by atoms with van der Waals surface area (Å²) in [7, 11) is 0. The minimum Gasteiger partial charge on any atom is -0.508 e. The summed E-state index contributed by atoms with van der Waals surface area (Å²) in [5.74, 6) is 0.611. The highest BCUT2D eigenvalue weighted by atomic mass is 16.4. The van der Waals surface area contributed by atoms with E-state index in [9.17, 15) is 30.0 Å². The summed E-state index contributed by atoms with van der Waals surface area (Å²) in [6.07, 6.45) is 10.4. The molecule has 6 nitrogen and oxygen atoms in total. The number of phenols is 1. The van der Waals surface area contributed by atoms with Gasteiger partial charge in [-0.25, -0.2) is 0 Å². The third-order valence-electron chi connectivity index (χ3n) is 15.1. The summed E-state index contributed by atoms with van der Waals surface area (Å²) in [4.78, 5) is 26.5. The molecule has 4 saturated carbocycles. The van der Waals surface area contributed by atoms with Gasteiger partial charge < -0.3 is 20.4 Å². The van der Waals surface area contributed by atoms with Gasteiger partial charge in [0, 0.05) is 11.8 Å². The van der Waals surface area contributed by atoms with E-state index in [1.807, 2.05) is 6.92 Å². The highest BCUT2D eigenvalue weighted by molar-refractivity contribution is 5.94. The smallest absolute Gasteiger partial charge is 0.310 e. The Bertz CT molecular complexity index is 1410. The lowest BCUT2D eigenvalue weighted by Crippen LogP contribution is -2.68. The van der Waals surface area contributed by atoms with Crippen molar-refractivity contribution >= 4 is 17.8 Å². The van der Waals surface area contributed by atoms with Crippen LogP contribution in [0.2, 0.25) is 0 Å². The molecule has 4 N–H and O–H groups in total. The quantitative estimate of drug-likeness (QED) is 0.202. The Balaban J connectivity index is 1.35. The molecule has 0 saturated heterocycles. The van der Waals surface area contributed by atoms with Gasteiger partial charge in [-0.1, -0.05) is 71.4 Å². The van der Waals surface area contributed by atoms with Crippen LogP contribution in [0.1, 0.15) is 105 Å². The van der Waals surface area contributed by atoms with Gasteiger partial charge in [-0.3, -0.25) is 9.59 Å². The highest BCUT2D eigenvalue weighted by Crippen LogP contribution is 2.76. The van der Waals surface area contributed by atoms with E-state index in [0.717, 1.165) is 44.1 Å². The molecule has 12 atom stereocenters. The molecule has 0 bridgehead atoms. The predicted octanol–water partition coefficient (Wildman–Crippen LogP) is 7.42. The lowest BCUT2D eigenvalue weighted by molar-refractivity contribution is -0.237. The fraction of sp³-hybridized carbons (Fsp3) is 0.692. The minimum absolute atomic E-state index is 0.0443. The third-order valence-corrected chi connectivity index (χ3v) is 15.1. The van der Waals surface area contributed by atoms with E-state index < -0.39 is 29.0 Å². The number of fused-ring (bicyclic) bond motifs is 7. The topological polar surface area (TPSA) is 115 Å². The molecule has 0 spiro atoms. The maximum absolute atomic E-state index is 13.5. The number of benzene rings is 1. The normalized spacial score (nSPS) is 47.6. The molecule has 1 aromatic rings. The lowest BCUT2D eigenvalue weighted by atomic mass is 9.33. The number of rotatable bonds is 5. The number of aliphatic hydroxyl groups excluding tert-OH is 2. The van der Waals surface area contributed by atoms with E-state index in [0.29, 0.717) is 24.7 Å². The number of aromatic hydroxyl groups is 1. The van der Waals surface area contributed by atoms with Crippen LogP contribution in [-0.4, -0.2) is 44.4 Å². The Morgan fingerprint density at radius 3 is 2.29 bits per heavy atom. The molecule has 4 fully saturated rings. The fourth-order valence-corrected chi connectivity index (χ4v) is 12.2. The second-order valence-corrected chi connectivity index (χ2v) is 16.9. The van der Waals surface area contributed by atoms with Crippen molar-refractivity contribution in [3.63, 3.8) is 0 Å². The van der Waals surface area contributed by atoms with E-state index in [1.165, 1.54) is 5.57 Å². The molecule has 5 aliphatic carbocycles. The average Bonchev–Trinajstić information content (AvgIpc) is 2.98. The van der Waals surface area contributed by atoms with Gasteiger partial charge in [-0.15, -0.1) is 0 Å².